The molecule has 0 aliphatic heterocycles. The van der Waals surface area contributed by atoms with Crippen LogP contribution in [0.1, 0.15) is 40.8 Å². The van der Waals surface area contributed by atoms with Crippen molar-refractivity contribution in [1.29, 1.82) is 0 Å². The first-order chi connectivity index (χ1) is 17.5. The number of benzene rings is 3. The number of rotatable bonds is 10. The van der Waals surface area contributed by atoms with Gasteiger partial charge in [-0.05, 0) is 74.2 Å². The zero-order chi connectivity index (χ0) is 27.3. The summed E-state index contributed by atoms with van der Waals surface area (Å²) in [5.74, 6) is 0.689. The van der Waals surface area contributed by atoms with Gasteiger partial charge in [-0.3, -0.25) is 4.79 Å². The Labute approximate surface area is 224 Å². The highest BCUT2D eigenvalue weighted by Crippen LogP contribution is 2.30. The molecule has 3 rings (SSSR count). The number of methoxy groups -OCH3 is 2. The molecule has 0 spiro atoms. The maximum absolute atomic E-state index is 13.9. The molecule has 7 nitrogen and oxygen atoms in total. The van der Waals surface area contributed by atoms with Gasteiger partial charge in [0.15, 0.2) is 11.5 Å². The number of aryl methyl sites for hydroxylation is 3. The number of amides is 1. The smallest absolute Gasteiger partial charge is 0.244 e. The number of nitrogens with zero attached hydrogens (tertiary/aromatic N) is 1. The summed E-state index contributed by atoms with van der Waals surface area (Å²) < 4.78 is 39.6. The SMILES string of the molecule is COc1ccc([C@H](C)NC(=O)CN(Cc2ccc(Cl)cc2)S(=O)(=O)c2c(C)cc(C)cc2C)cc1OC. The van der Waals surface area contributed by atoms with Crippen molar-refractivity contribution < 1.29 is 22.7 Å². The van der Waals surface area contributed by atoms with E-state index in [9.17, 15) is 13.2 Å². The molecule has 37 heavy (non-hydrogen) atoms. The highest BCUT2D eigenvalue weighted by Gasteiger charge is 2.30. The van der Waals surface area contributed by atoms with Gasteiger partial charge in [-0.1, -0.05) is 47.5 Å². The van der Waals surface area contributed by atoms with Crippen molar-refractivity contribution in [2.45, 2.75) is 45.2 Å². The topological polar surface area (TPSA) is 84.9 Å². The second-order valence-electron chi connectivity index (χ2n) is 9.03. The molecule has 0 saturated heterocycles. The molecule has 0 heterocycles. The third-order valence-corrected chi connectivity index (χ3v) is 8.43. The summed E-state index contributed by atoms with van der Waals surface area (Å²) in [5.41, 5.74) is 3.76. The Morgan fingerprint density at radius 2 is 1.54 bits per heavy atom. The molecule has 0 aliphatic carbocycles. The molecule has 0 radical (unpaired) electrons. The molecule has 0 fully saturated rings. The Bertz CT molecular complexity index is 1350. The van der Waals surface area contributed by atoms with Gasteiger partial charge in [0.05, 0.1) is 31.7 Å². The zero-order valence-corrected chi connectivity index (χ0v) is 23.5. The largest absolute Gasteiger partial charge is 0.493 e. The highest BCUT2D eigenvalue weighted by molar-refractivity contribution is 7.89. The maximum Gasteiger partial charge on any atom is 0.244 e. The normalized spacial score (nSPS) is 12.3. The minimum atomic E-state index is -4.00. The fourth-order valence-electron chi connectivity index (χ4n) is 4.37. The first kappa shape index (κ1) is 28.5. The fraction of sp³-hybridized carbons (Fsp3) is 0.321. The Hall–Kier alpha value is -3.07. The van der Waals surface area contributed by atoms with Crippen LogP contribution in [0.3, 0.4) is 0 Å². The van der Waals surface area contributed by atoms with Crippen molar-refractivity contribution in [3.05, 3.63) is 87.4 Å². The lowest BCUT2D eigenvalue weighted by Crippen LogP contribution is -2.41. The van der Waals surface area contributed by atoms with Crippen molar-refractivity contribution in [2.24, 2.45) is 0 Å². The van der Waals surface area contributed by atoms with Gasteiger partial charge < -0.3 is 14.8 Å². The second kappa shape index (κ2) is 12.0. The van der Waals surface area contributed by atoms with E-state index >= 15 is 0 Å². The Morgan fingerprint density at radius 1 is 0.946 bits per heavy atom. The predicted molar refractivity (Wildman–Crippen MR) is 146 cm³/mol. The van der Waals surface area contributed by atoms with Gasteiger partial charge in [0.1, 0.15) is 0 Å². The number of nitrogens with one attached hydrogen (secondary N) is 1. The van der Waals surface area contributed by atoms with E-state index < -0.39 is 22.0 Å². The molecule has 1 N–H and O–H groups in total. The Morgan fingerprint density at radius 3 is 2.11 bits per heavy atom. The van der Waals surface area contributed by atoms with Gasteiger partial charge in [-0.2, -0.15) is 4.31 Å². The standard InChI is InChI=1S/C28H33ClN2O5S/c1-18-13-19(2)28(20(3)14-18)37(33,34)31(16-22-7-10-24(29)11-8-22)17-27(32)30-21(4)23-9-12-25(35-5)26(15-23)36-6/h7-15,21H,16-17H2,1-6H3,(H,30,32)/t21-/m0/s1. The molecule has 0 saturated carbocycles. The summed E-state index contributed by atoms with van der Waals surface area (Å²) in [4.78, 5) is 13.4. The molecule has 1 amide bonds. The fourth-order valence-corrected chi connectivity index (χ4v) is 6.30. The van der Waals surface area contributed by atoms with Crippen LogP contribution in [0.2, 0.25) is 5.02 Å². The number of hydrogen-bond donors (Lipinski definition) is 1. The van der Waals surface area contributed by atoms with Crippen molar-refractivity contribution in [3.8, 4) is 11.5 Å². The molecule has 1 atom stereocenters. The molecule has 0 aliphatic rings. The van der Waals surface area contributed by atoms with Crippen molar-refractivity contribution >= 4 is 27.5 Å². The quantitative estimate of drug-likeness (QED) is 0.372. The summed E-state index contributed by atoms with van der Waals surface area (Å²) in [7, 11) is -0.907. The van der Waals surface area contributed by atoms with Crippen LogP contribution in [0, 0.1) is 20.8 Å². The van der Waals surface area contributed by atoms with Crippen LogP contribution in [-0.4, -0.2) is 39.4 Å². The van der Waals surface area contributed by atoms with Gasteiger partial charge in [0.2, 0.25) is 15.9 Å². The van der Waals surface area contributed by atoms with Gasteiger partial charge in [-0.25, -0.2) is 8.42 Å². The number of carbonyl (C=O) groups is 1. The van der Waals surface area contributed by atoms with E-state index in [1.54, 1.807) is 64.5 Å². The molecule has 0 aromatic heterocycles. The molecule has 3 aromatic rings. The van der Waals surface area contributed by atoms with Crippen molar-refractivity contribution in [3.63, 3.8) is 0 Å². The summed E-state index contributed by atoms with van der Waals surface area (Å²) in [6.07, 6.45) is 0. The van der Waals surface area contributed by atoms with E-state index in [2.05, 4.69) is 5.32 Å². The maximum atomic E-state index is 13.9. The minimum absolute atomic E-state index is 0.0183. The number of ether oxygens (including phenoxy) is 2. The molecule has 0 unspecified atom stereocenters. The highest BCUT2D eigenvalue weighted by atomic mass is 35.5. The molecule has 3 aromatic carbocycles. The van der Waals surface area contributed by atoms with E-state index in [-0.39, 0.29) is 18.0 Å². The monoisotopic (exact) mass is 544 g/mol. The van der Waals surface area contributed by atoms with Crippen LogP contribution in [0.15, 0.2) is 59.5 Å². The molecule has 9 heteroatoms. The first-order valence-electron chi connectivity index (χ1n) is 11.8. The van der Waals surface area contributed by atoms with Crippen LogP contribution in [0.4, 0.5) is 0 Å². The number of carbonyl (C=O) groups excluding carboxylic acids is 1. The molecular formula is C28H33ClN2O5S. The third-order valence-electron chi connectivity index (χ3n) is 6.08. The van der Waals surface area contributed by atoms with E-state index in [0.717, 1.165) is 16.7 Å². The van der Waals surface area contributed by atoms with E-state index in [4.69, 9.17) is 21.1 Å². The van der Waals surface area contributed by atoms with Crippen molar-refractivity contribution in [1.82, 2.24) is 9.62 Å². The molecular weight excluding hydrogens is 512 g/mol. The Balaban J connectivity index is 1.90. The minimum Gasteiger partial charge on any atom is -0.493 e. The van der Waals surface area contributed by atoms with Gasteiger partial charge in [-0.15, -0.1) is 0 Å². The molecule has 198 valence electrons. The van der Waals surface area contributed by atoms with Gasteiger partial charge in [0, 0.05) is 11.6 Å². The lowest BCUT2D eigenvalue weighted by molar-refractivity contribution is -0.122. The third kappa shape index (κ3) is 6.83. The van der Waals surface area contributed by atoms with Gasteiger partial charge >= 0.3 is 0 Å². The van der Waals surface area contributed by atoms with E-state index in [1.807, 2.05) is 32.0 Å². The summed E-state index contributed by atoms with van der Waals surface area (Å²) in [6, 6.07) is 15.5. The zero-order valence-electron chi connectivity index (χ0n) is 22.0. The van der Waals surface area contributed by atoms with Crippen molar-refractivity contribution in [2.75, 3.05) is 20.8 Å². The van der Waals surface area contributed by atoms with Crippen LogP contribution < -0.4 is 14.8 Å². The average Bonchev–Trinajstić information content (AvgIpc) is 2.83. The summed E-state index contributed by atoms with van der Waals surface area (Å²) >= 11 is 6.02. The average molecular weight is 545 g/mol. The lowest BCUT2D eigenvalue weighted by Gasteiger charge is -2.25. The van der Waals surface area contributed by atoms with E-state index in [1.165, 1.54) is 4.31 Å². The van der Waals surface area contributed by atoms with E-state index in [0.29, 0.717) is 27.6 Å². The van der Waals surface area contributed by atoms with Gasteiger partial charge in [0.25, 0.3) is 0 Å². The Kier molecular flexibility index (Phi) is 9.23. The number of sulfonamides is 1. The second-order valence-corrected chi connectivity index (χ2v) is 11.3. The van der Waals surface area contributed by atoms with Crippen LogP contribution in [0.5, 0.6) is 11.5 Å². The van der Waals surface area contributed by atoms with Crippen LogP contribution in [0.25, 0.3) is 0 Å². The lowest BCUT2D eigenvalue weighted by atomic mass is 10.1. The van der Waals surface area contributed by atoms with Crippen LogP contribution in [-0.2, 0) is 21.4 Å². The predicted octanol–water partition coefficient (Wildman–Crippen LogP) is 5.35. The van der Waals surface area contributed by atoms with Crippen LogP contribution >= 0.6 is 11.6 Å². The first-order valence-corrected chi connectivity index (χ1v) is 13.6. The summed E-state index contributed by atoms with van der Waals surface area (Å²) in [6.45, 7) is 6.95. The molecule has 0 bridgehead atoms. The summed E-state index contributed by atoms with van der Waals surface area (Å²) in [5, 5.41) is 3.46. The number of hydrogen-bond acceptors (Lipinski definition) is 5. The number of halogens is 1.